The maximum Gasteiger partial charge on any atom is 0.341 e. The van der Waals surface area contributed by atoms with Crippen molar-refractivity contribution < 1.29 is 9.53 Å². The van der Waals surface area contributed by atoms with E-state index in [0.717, 1.165) is 11.5 Å². The van der Waals surface area contributed by atoms with Crippen molar-refractivity contribution in [1.29, 1.82) is 0 Å². The molecule has 1 aliphatic carbocycles. The van der Waals surface area contributed by atoms with Gasteiger partial charge in [0.15, 0.2) is 5.65 Å². The van der Waals surface area contributed by atoms with E-state index in [-0.39, 0.29) is 0 Å². The van der Waals surface area contributed by atoms with Crippen molar-refractivity contribution in [3.8, 4) is 0 Å². The average molecular weight is 308 g/mol. The number of nitrogens with one attached hydrogen (secondary N) is 1. The highest BCUT2D eigenvalue weighted by atomic mass is 35.5. The number of carbonyl (C=O) groups excluding carboxylic acids is 1. The van der Waals surface area contributed by atoms with Crippen molar-refractivity contribution in [3.05, 3.63) is 34.7 Å². The fraction of sp³-hybridized carbons (Fsp3) is 0.467. The summed E-state index contributed by atoms with van der Waals surface area (Å²) in [5, 5.41) is 3.97. The first kappa shape index (κ1) is 14.4. The first-order chi connectivity index (χ1) is 10.1. The third kappa shape index (κ3) is 2.89. The molecule has 6 heteroatoms. The predicted molar refractivity (Wildman–Crippen MR) is 80.6 cm³/mol. The third-order valence-corrected chi connectivity index (χ3v) is 4.26. The number of esters is 1. The number of halogens is 1. The van der Waals surface area contributed by atoms with E-state index in [4.69, 9.17) is 16.3 Å². The Balaban J connectivity index is 1.90. The number of pyridine rings is 1. The Morgan fingerprint density at radius 1 is 1.62 bits per heavy atom. The van der Waals surface area contributed by atoms with Crippen molar-refractivity contribution in [3.63, 3.8) is 0 Å². The van der Waals surface area contributed by atoms with Gasteiger partial charge in [-0.2, -0.15) is 0 Å². The Bertz CT molecular complexity index is 679. The lowest BCUT2D eigenvalue weighted by Gasteiger charge is -2.13. The number of fused-ring (bicyclic) bond motifs is 1. The highest BCUT2D eigenvalue weighted by Crippen LogP contribution is 2.32. The molecular weight excluding hydrogens is 290 g/mol. The van der Waals surface area contributed by atoms with E-state index >= 15 is 0 Å². The number of methoxy groups -OCH3 is 1. The van der Waals surface area contributed by atoms with Gasteiger partial charge in [-0.3, -0.25) is 4.40 Å². The van der Waals surface area contributed by atoms with E-state index in [0.29, 0.717) is 29.0 Å². The Kier molecular flexibility index (Phi) is 3.87. The quantitative estimate of drug-likeness (QED) is 0.863. The first-order valence-corrected chi connectivity index (χ1v) is 7.45. The smallest absolute Gasteiger partial charge is 0.341 e. The highest BCUT2D eigenvalue weighted by molar-refractivity contribution is 6.29. The van der Waals surface area contributed by atoms with Crippen LogP contribution in [0.25, 0.3) is 5.65 Å². The lowest BCUT2D eigenvalue weighted by Crippen LogP contribution is -2.27. The van der Waals surface area contributed by atoms with Crippen LogP contribution in [0.15, 0.2) is 18.5 Å². The van der Waals surface area contributed by atoms with Crippen molar-refractivity contribution in [2.45, 2.75) is 32.4 Å². The number of carbonyl (C=O) groups is 1. The molecule has 2 aromatic rings. The lowest BCUT2D eigenvalue weighted by atomic mass is 10.1. The van der Waals surface area contributed by atoms with E-state index in [1.807, 2.05) is 12.3 Å². The maximum atomic E-state index is 11.9. The second-order valence-electron chi connectivity index (χ2n) is 5.54. The Morgan fingerprint density at radius 2 is 2.38 bits per heavy atom. The van der Waals surface area contributed by atoms with Gasteiger partial charge >= 0.3 is 5.97 Å². The summed E-state index contributed by atoms with van der Waals surface area (Å²) in [6.07, 6.45) is 6.04. The molecule has 1 saturated carbocycles. The van der Waals surface area contributed by atoms with Gasteiger partial charge in [0.1, 0.15) is 10.7 Å². The fourth-order valence-corrected chi connectivity index (χ4v) is 2.69. The molecule has 112 valence electrons. The molecule has 1 N–H and O–H groups in total. The van der Waals surface area contributed by atoms with Crippen LogP contribution in [0, 0.1) is 5.92 Å². The normalized spacial score (nSPS) is 16.1. The molecular formula is C15H18ClN3O2. The monoisotopic (exact) mass is 307 g/mol. The molecule has 3 rings (SSSR count). The van der Waals surface area contributed by atoms with Gasteiger partial charge in [0.2, 0.25) is 0 Å². The first-order valence-electron chi connectivity index (χ1n) is 7.07. The molecule has 0 bridgehead atoms. The summed E-state index contributed by atoms with van der Waals surface area (Å²) in [5.74, 6) is 0.380. The molecule has 0 spiro atoms. The van der Waals surface area contributed by atoms with Gasteiger partial charge in [-0.25, -0.2) is 9.78 Å². The standard InChI is InChI=1S/C15H18ClN3O2/c1-9(11-3-4-11)17-6-10-5-12(15(20)21-2)14-18-7-13(16)19(14)8-10/h5,7-9,11,17H,3-4,6H2,1-2H3/t9-/m0/s1. The van der Waals surface area contributed by atoms with E-state index < -0.39 is 5.97 Å². The van der Waals surface area contributed by atoms with E-state index in [9.17, 15) is 4.79 Å². The Morgan fingerprint density at radius 3 is 3.05 bits per heavy atom. The van der Waals surface area contributed by atoms with Crippen molar-refractivity contribution >= 4 is 23.2 Å². The highest BCUT2D eigenvalue weighted by Gasteiger charge is 2.27. The minimum absolute atomic E-state index is 0.403. The molecule has 0 radical (unpaired) electrons. The summed E-state index contributed by atoms with van der Waals surface area (Å²) >= 11 is 6.12. The van der Waals surface area contributed by atoms with Crippen LogP contribution in [0.5, 0.6) is 0 Å². The minimum atomic E-state index is -0.403. The molecule has 0 aromatic carbocycles. The zero-order chi connectivity index (χ0) is 15.0. The van der Waals surface area contributed by atoms with E-state index in [2.05, 4.69) is 17.2 Å². The lowest BCUT2D eigenvalue weighted by molar-refractivity contribution is 0.0602. The van der Waals surface area contributed by atoms with Crippen LogP contribution in [-0.2, 0) is 11.3 Å². The van der Waals surface area contributed by atoms with Crippen LogP contribution in [0.2, 0.25) is 5.15 Å². The molecule has 0 amide bonds. The predicted octanol–water partition coefficient (Wildman–Crippen LogP) is 2.66. The number of rotatable bonds is 5. The third-order valence-electron chi connectivity index (χ3n) is 3.98. The fourth-order valence-electron chi connectivity index (χ4n) is 2.51. The van der Waals surface area contributed by atoms with Crippen LogP contribution < -0.4 is 5.32 Å². The second kappa shape index (κ2) is 5.66. The summed E-state index contributed by atoms with van der Waals surface area (Å²) in [5.41, 5.74) is 1.93. The van der Waals surface area contributed by atoms with Gasteiger partial charge in [0, 0.05) is 18.8 Å². The van der Waals surface area contributed by atoms with Crippen molar-refractivity contribution in [1.82, 2.24) is 14.7 Å². The minimum Gasteiger partial charge on any atom is -0.465 e. The van der Waals surface area contributed by atoms with Crippen LogP contribution in [0.4, 0.5) is 0 Å². The molecule has 0 aliphatic heterocycles. The summed E-state index contributed by atoms with van der Waals surface area (Å²) in [7, 11) is 1.36. The van der Waals surface area contributed by atoms with Crippen molar-refractivity contribution in [2.24, 2.45) is 5.92 Å². The number of aromatic nitrogens is 2. The van der Waals surface area contributed by atoms with E-state index in [1.165, 1.54) is 26.1 Å². The van der Waals surface area contributed by atoms with Gasteiger partial charge < -0.3 is 10.1 Å². The summed E-state index contributed by atoms with van der Waals surface area (Å²) < 4.78 is 6.54. The van der Waals surface area contributed by atoms with Crippen LogP contribution in [0.3, 0.4) is 0 Å². The molecule has 2 aromatic heterocycles. The second-order valence-corrected chi connectivity index (χ2v) is 5.92. The van der Waals surface area contributed by atoms with Gasteiger partial charge in [-0.05, 0) is 37.3 Å². The summed E-state index contributed by atoms with van der Waals surface area (Å²) in [6.45, 7) is 2.88. The number of imidazole rings is 1. The van der Waals surface area contributed by atoms with Gasteiger partial charge in [0.25, 0.3) is 0 Å². The summed E-state index contributed by atoms with van der Waals surface area (Å²) in [6, 6.07) is 2.30. The molecule has 21 heavy (non-hydrogen) atoms. The van der Waals surface area contributed by atoms with Gasteiger partial charge in [0.05, 0.1) is 13.3 Å². The number of hydrogen-bond donors (Lipinski definition) is 1. The average Bonchev–Trinajstić information content (AvgIpc) is 3.28. The Labute approximate surface area is 128 Å². The largest absolute Gasteiger partial charge is 0.465 e. The molecule has 1 atom stereocenters. The van der Waals surface area contributed by atoms with E-state index in [1.54, 1.807) is 4.40 Å². The van der Waals surface area contributed by atoms with Gasteiger partial charge in [-0.1, -0.05) is 11.6 Å². The Hall–Kier alpha value is -1.59. The maximum absolute atomic E-state index is 11.9. The molecule has 5 nitrogen and oxygen atoms in total. The number of hydrogen-bond acceptors (Lipinski definition) is 4. The van der Waals surface area contributed by atoms with Crippen LogP contribution >= 0.6 is 11.6 Å². The zero-order valence-electron chi connectivity index (χ0n) is 12.1. The molecule has 0 unspecified atom stereocenters. The SMILES string of the molecule is COC(=O)c1cc(CN[C@@H](C)C2CC2)cn2c(Cl)cnc12. The molecule has 0 saturated heterocycles. The number of ether oxygens (including phenoxy) is 1. The zero-order valence-corrected chi connectivity index (χ0v) is 12.9. The summed E-state index contributed by atoms with van der Waals surface area (Å²) in [4.78, 5) is 16.1. The number of nitrogens with zero attached hydrogens (tertiary/aromatic N) is 2. The molecule has 1 fully saturated rings. The topological polar surface area (TPSA) is 55.6 Å². The van der Waals surface area contributed by atoms with Gasteiger partial charge in [-0.15, -0.1) is 0 Å². The molecule has 2 heterocycles. The molecule has 1 aliphatic rings. The van der Waals surface area contributed by atoms with Crippen LogP contribution in [0.1, 0.15) is 35.7 Å². The van der Waals surface area contributed by atoms with Crippen molar-refractivity contribution in [2.75, 3.05) is 7.11 Å². The van der Waals surface area contributed by atoms with Crippen LogP contribution in [-0.4, -0.2) is 28.5 Å².